The summed E-state index contributed by atoms with van der Waals surface area (Å²) in [7, 11) is 0. The number of hydrogen-bond acceptors (Lipinski definition) is 3. The largest absolute Gasteiger partial charge is 0.313 e. The first-order valence-electron chi connectivity index (χ1n) is 7.52. The van der Waals surface area contributed by atoms with Gasteiger partial charge >= 0.3 is 0 Å². The number of nitrogens with zero attached hydrogens (tertiary/aromatic N) is 1. The summed E-state index contributed by atoms with van der Waals surface area (Å²) in [6, 6.07) is 4.40. The van der Waals surface area contributed by atoms with E-state index in [1.54, 1.807) is 0 Å². The molecule has 0 aromatic carbocycles. The maximum atomic E-state index is 6.26. The summed E-state index contributed by atoms with van der Waals surface area (Å²) in [6.07, 6.45) is 6.76. The highest BCUT2D eigenvalue weighted by molar-refractivity contribution is 8.00. The Kier molecular flexibility index (Phi) is 5.76. The van der Waals surface area contributed by atoms with Crippen molar-refractivity contribution in [1.29, 1.82) is 0 Å². The van der Waals surface area contributed by atoms with Gasteiger partial charge in [0.25, 0.3) is 0 Å². The Morgan fingerprint density at radius 2 is 2.30 bits per heavy atom. The van der Waals surface area contributed by atoms with E-state index in [4.69, 9.17) is 11.6 Å². The highest BCUT2D eigenvalue weighted by Gasteiger charge is 2.35. The number of aromatic nitrogens is 1. The van der Waals surface area contributed by atoms with Gasteiger partial charge in [0.2, 0.25) is 0 Å². The van der Waals surface area contributed by atoms with Crippen LogP contribution < -0.4 is 5.32 Å². The molecule has 0 aliphatic heterocycles. The number of halogens is 1. The maximum Gasteiger partial charge on any atom is 0.115 e. The normalized spacial score (nSPS) is 25.6. The van der Waals surface area contributed by atoms with Crippen molar-refractivity contribution in [2.24, 2.45) is 5.41 Å². The van der Waals surface area contributed by atoms with E-state index < -0.39 is 0 Å². The first kappa shape index (κ1) is 16.1. The molecule has 1 aliphatic carbocycles. The summed E-state index contributed by atoms with van der Waals surface area (Å²) in [5.74, 6) is 0. The summed E-state index contributed by atoms with van der Waals surface area (Å²) < 4.78 is 0. The lowest BCUT2D eigenvalue weighted by Crippen LogP contribution is -2.45. The van der Waals surface area contributed by atoms with Gasteiger partial charge in [-0.25, -0.2) is 4.98 Å². The zero-order chi connectivity index (χ0) is 14.6. The number of rotatable bonds is 5. The van der Waals surface area contributed by atoms with E-state index in [0.717, 1.165) is 16.6 Å². The Labute approximate surface area is 132 Å². The minimum atomic E-state index is 0.420. The van der Waals surface area contributed by atoms with Gasteiger partial charge in [0.15, 0.2) is 0 Å². The van der Waals surface area contributed by atoms with E-state index in [0.29, 0.717) is 16.7 Å². The predicted molar refractivity (Wildman–Crippen MR) is 88.6 cm³/mol. The Morgan fingerprint density at radius 3 is 3.00 bits per heavy atom. The van der Waals surface area contributed by atoms with Crippen molar-refractivity contribution < 1.29 is 0 Å². The molecule has 4 heteroatoms. The lowest BCUT2D eigenvalue weighted by Gasteiger charge is -2.40. The molecule has 2 atom stereocenters. The van der Waals surface area contributed by atoms with Gasteiger partial charge in [0.1, 0.15) is 5.03 Å². The summed E-state index contributed by atoms with van der Waals surface area (Å²) in [5.41, 5.74) is 0.420. The van der Waals surface area contributed by atoms with Crippen LogP contribution in [0.25, 0.3) is 0 Å². The molecule has 0 spiro atoms. The van der Waals surface area contributed by atoms with Gasteiger partial charge in [-0.05, 0) is 49.8 Å². The average molecular weight is 313 g/mol. The molecule has 1 aromatic rings. The van der Waals surface area contributed by atoms with Crippen molar-refractivity contribution in [3.8, 4) is 0 Å². The predicted octanol–water partition coefficient (Wildman–Crippen LogP) is 4.77. The minimum Gasteiger partial charge on any atom is -0.313 e. The van der Waals surface area contributed by atoms with Gasteiger partial charge in [-0.2, -0.15) is 0 Å². The van der Waals surface area contributed by atoms with Gasteiger partial charge in [-0.3, -0.25) is 0 Å². The fourth-order valence-corrected chi connectivity index (χ4v) is 4.58. The van der Waals surface area contributed by atoms with Crippen LogP contribution in [0.5, 0.6) is 0 Å². The SMILES string of the molecule is CCCNC1CCC(C)(C)CC1Sc1ncccc1Cl. The molecule has 1 aliphatic rings. The van der Waals surface area contributed by atoms with Crippen LogP contribution in [0.1, 0.15) is 46.5 Å². The molecule has 20 heavy (non-hydrogen) atoms. The third-order valence-electron chi connectivity index (χ3n) is 3.98. The molecule has 1 N–H and O–H groups in total. The molecule has 2 nitrogen and oxygen atoms in total. The van der Waals surface area contributed by atoms with Crippen molar-refractivity contribution >= 4 is 23.4 Å². The van der Waals surface area contributed by atoms with E-state index in [1.807, 2.05) is 30.1 Å². The molecule has 1 heterocycles. The van der Waals surface area contributed by atoms with Crippen LogP contribution in [-0.2, 0) is 0 Å². The van der Waals surface area contributed by atoms with E-state index in [2.05, 4.69) is 31.1 Å². The molecule has 0 saturated heterocycles. The number of hydrogen-bond donors (Lipinski definition) is 1. The van der Waals surface area contributed by atoms with E-state index >= 15 is 0 Å². The van der Waals surface area contributed by atoms with Crippen LogP contribution in [-0.4, -0.2) is 22.8 Å². The summed E-state index contributed by atoms with van der Waals surface area (Å²) >= 11 is 8.11. The van der Waals surface area contributed by atoms with Crippen molar-refractivity contribution in [3.63, 3.8) is 0 Å². The van der Waals surface area contributed by atoms with Crippen LogP contribution in [0.4, 0.5) is 0 Å². The Bertz CT molecular complexity index is 436. The van der Waals surface area contributed by atoms with Crippen LogP contribution in [0, 0.1) is 5.41 Å². The zero-order valence-electron chi connectivity index (χ0n) is 12.7. The molecule has 0 amide bonds. The second-order valence-electron chi connectivity index (χ2n) is 6.41. The maximum absolute atomic E-state index is 6.26. The second-order valence-corrected chi connectivity index (χ2v) is 8.05. The molecular weight excluding hydrogens is 288 g/mol. The standard InChI is InChI=1S/C16H25ClN2S/c1-4-9-18-13-7-8-16(2,3)11-14(13)20-15-12(17)6-5-10-19-15/h5-6,10,13-14,18H,4,7-9,11H2,1-3H3. The average Bonchev–Trinajstić information content (AvgIpc) is 2.40. The highest BCUT2D eigenvalue weighted by Crippen LogP contribution is 2.43. The molecule has 112 valence electrons. The fourth-order valence-electron chi connectivity index (χ4n) is 2.81. The molecule has 1 saturated carbocycles. The third kappa shape index (κ3) is 4.37. The topological polar surface area (TPSA) is 24.9 Å². The molecule has 1 aromatic heterocycles. The van der Waals surface area contributed by atoms with E-state index in [9.17, 15) is 0 Å². The van der Waals surface area contributed by atoms with Crippen molar-refractivity contribution in [2.45, 2.75) is 62.8 Å². The van der Waals surface area contributed by atoms with Crippen LogP contribution in [0.2, 0.25) is 5.02 Å². The molecular formula is C16H25ClN2S. The Hall–Kier alpha value is -0.250. The Morgan fingerprint density at radius 1 is 1.50 bits per heavy atom. The van der Waals surface area contributed by atoms with Gasteiger partial charge in [-0.15, -0.1) is 0 Å². The van der Waals surface area contributed by atoms with Crippen LogP contribution in [0.3, 0.4) is 0 Å². The van der Waals surface area contributed by atoms with Crippen LogP contribution >= 0.6 is 23.4 Å². The summed E-state index contributed by atoms with van der Waals surface area (Å²) in [6.45, 7) is 8.06. The minimum absolute atomic E-state index is 0.420. The second kappa shape index (κ2) is 7.15. The Balaban J connectivity index is 2.08. The first-order valence-corrected chi connectivity index (χ1v) is 8.78. The van der Waals surface area contributed by atoms with Gasteiger partial charge in [-0.1, -0.05) is 44.1 Å². The summed E-state index contributed by atoms with van der Waals surface area (Å²) in [5, 5.41) is 6.01. The number of thioether (sulfide) groups is 1. The zero-order valence-corrected chi connectivity index (χ0v) is 14.2. The van der Waals surface area contributed by atoms with Gasteiger partial charge < -0.3 is 5.32 Å². The molecule has 0 bridgehead atoms. The van der Waals surface area contributed by atoms with E-state index in [-0.39, 0.29) is 0 Å². The van der Waals surface area contributed by atoms with Crippen molar-refractivity contribution in [2.75, 3.05) is 6.54 Å². The van der Waals surface area contributed by atoms with Crippen LogP contribution in [0.15, 0.2) is 23.4 Å². The van der Waals surface area contributed by atoms with Crippen molar-refractivity contribution in [1.82, 2.24) is 10.3 Å². The molecule has 1 fully saturated rings. The van der Waals surface area contributed by atoms with Gasteiger partial charge in [0, 0.05) is 17.5 Å². The summed E-state index contributed by atoms with van der Waals surface area (Å²) in [4.78, 5) is 4.44. The number of pyridine rings is 1. The quantitative estimate of drug-likeness (QED) is 0.847. The molecule has 2 rings (SSSR count). The molecule has 2 unspecified atom stereocenters. The third-order valence-corrected chi connectivity index (χ3v) is 5.74. The van der Waals surface area contributed by atoms with E-state index in [1.165, 1.54) is 25.7 Å². The van der Waals surface area contributed by atoms with Crippen molar-refractivity contribution in [3.05, 3.63) is 23.4 Å². The smallest absolute Gasteiger partial charge is 0.115 e. The highest BCUT2D eigenvalue weighted by atomic mass is 35.5. The number of nitrogens with one attached hydrogen (secondary N) is 1. The fraction of sp³-hybridized carbons (Fsp3) is 0.688. The monoisotopic (exact) mass is 312 g/mol. The first-order chi connectivity index (χ1) is 9.52. The lowest BCUT2D eigenvalue weighted by atomic mass is 9.75. The lowest BCUT2D eigenvalue weighted by molar-refractivity contribution is 0.214. The van der Waals surface area contributed by atoms with Gasteiger partial charge in [0.05, 0.1) is 5.02 Å². The molecule has 0 radical (unpaired) electrons.